The van der Waals surface area contributed by atoms with Crippen molar-refractivity contribution in [2.75, 3.05) is 25.9 Å². The highest BCUT2D eigenvalue weighted by Crippen LogP contribution is 2.19. The van der Waals surface area contributed by atoms with E-state index in [1.807, 2.05) is 0 Å². The number of carboxylic acids is 1. The number of piperazine rings is 1. The van der Waals surface area contributed by atoms with E-state index < -0.39 is 5.97 Å². The number of carbonyl (C=O) groups excluding carboxylic acids is 2. The molecule has 0 unspecified atom stereocenters. The number of likely N-dealkylation sites (N-methyl/N-ethyl adjacent to an activating group) is 1. The van der Waals surface area contributed by atoms with Crippen molar-refractivity contribution >= 4 is 23.5 Å². The minimum absolute atomic E-state index is 0.00353. The summed E-state index contributed by atoms with van der Waals surface area (Å²) in [5.74, 6) is -1.54. The van der Waals surface area contributed by atoms with E-state index in [1.54, 1.807) is 19.2 Å². The van der Waals surface area contributed by atoms with Crippen molar-refractivity contribution in [1.82, 2.24) is 9.80 Å². The Morgan fingerprint density at radius 1 is 1.30 bits per heavy atom. The Bertz CT molecular complexity index is 585. The van der Waals surface area contributed by atoms with Crippen LogP contribution in [0.1, 0.15) is 15.9 Å². The van der Waals surface area contributed by atoms with E-state index >= 15 is 0 Å². The van der Waals surface area contributed by atoms with Crippen LogP contribution in [0, 0.1) is 0 Å². The summed E-state index contributed by atoms with van der Waals surface area (Å²) < 4.78 is 0. The minimum Gasteiger partial charge on any atom is -0.478 e. The lowest BCUT2D eigenvalue weighted by atomic mass is 10.0. The van der Waals surface area contributed by atoms with Gasteiger partial charge in [0.15, 0.2) is 0 Å². The fourth-order valence-electron chi connectivity index (χ4n) is 2.13. The number of carboxylic acid groups (broad SMARTS) is 1. The smallest absolute Gasteiger partial charge is 0.338 e. The van der Waals surface area contributed by atoms with Crippen LogP contribution in [-0.4, -0.2) is 52.8 Å². The Morgan fingerprint density at radius 2 is 2.00 bits per heavy atom. The Balaban J connectivity index is 2.26. The van der Waals surface area contributed by atoms with Crippen molar-refractivity contribution in [3.05, 3.63) is 29.3 Å². The van der Waals surface area contributed by atoms with Gasteiger partial charge in [0.1, 0.15) is 6.54 Å². The van der Waals surface area contributed by atoms with Gasteiger partial charge in [0, 0.05) is 19.3 Å². The van der Waals surface area contributed by atoms with Crippen LogP contribution < -0.4 is 5.73 Å². The van der Waals surface area contributed by atoms with Crippen LogP contribution in [0.5, 0.6) is 0 Å². The summed E-state index contributed by atoms with van der Waals surface area (Å²) in [5.41, 5.74) is 6.19. The number of aromatic carboxylic acids is 1. The Kier molecular flexibility index (Phi) is 3.60. The van der Waals surface area contributed by atoms with Crippen LogP contribution in [0.3, 0.4) is 0 Å². The molecule has 2 amide bonds. The number of hydrogen-bond acceptors (Lipinski definition) is 4. The summed E-state index contributed by atoms with van der Waals surface area (Å²) in [5, 5.41) is 9.18. The maximum absolute atomic E-state index is 11.9. The largest absolute Gasteiger partial charge is 0.478 e. The van der Waals surface area contributed by atoms with Crippen molar-refractivity contribution < 1.29 is 19.5 Å². The minimum atomic E-state index is -1.15. The molecule has 106 valence electrons. The highest BCUT2D eigenvalue weighted by Gasteiger charge is 2.28. The van der Waals surface area contributed by atoms with E-state index in [1.165, 1.54) is 15.9 Å². The van der Waals surface area contributed by atoms with E-state index in [0.717, 1.165) is 0 Å². The number of hydrogen-bond donors (Lipinski definition) is 2. The van der Waals surface area contributed by atoms with Crippen LogP contribution in [-0.2, 0) is 16.1 Å². The first-order chi connectivity index (χ1) is 9.40. The second kappa shape index (κ2) is 5.20. The predicted molar refractivity (Wildman–Crippen MR) is 70.9 cm³/mol. The highest BCUT2D eigenvalue weighted by molar-refractivity contribution is 5.96. The Hall–Kier alpha value is -2.57. The van der Waals surface area contributed by atoms with Gasteiger partial charge in [-0.1, -0.05) is 12.1 Å². The van der Waals surface area contributed by atoms with Gasteiger partial charge in [-0.05, 0) is 11.6 Å². The van der Waals surface area contributed by atoms with Crippen LogP contribution in [0.4, 0.5) is 5.69 Å². The SMILES string of the molecule is CN1CC(=O)N(Cc2cccc(N)c2C(=O)O)CC1=O. The summed E-state index contributed by atoms with van der Waals surface area (Å²) in [6, 6.07) is 4.71. The maximum Gasteiger partial charge on any atom is 0.338 e. The Morgan fingerprint density at radius 3 is 2.65 bits per heavy atom. The second-order valence-corrected chi connectivity index (χ2v) is 4.69. The first-order valence-corrected chi connectivity index (χ1v) is 6.02. The molecule has 0 spiro atoms. The molecule has 1 fully saturated rings. The Labute approximate surface area is 115 Å². The molecule has 0 atom stereocenters. The molecule has 20 heavy (non-hydrogen) atoms. The van der Waals surface area contributed by atoms with E-state index in [9.17, 15) is 19.5 Å². The number of amides is 2. The van der Waals surface area contributed by atoms with Gasteiger partial charge >= 0.3 is 5.97 Å². The van der Waals surface area contributed by atoms with E-state index in [2.05, 4.69) is 0 Å². The van der Waals surface area contributed by atoms with Crippen LogP contribution in [0.25, 0.3) is 0 Å². The molecule has 1 aliphatic rings. The molecule has 1 aromatic carbocycles. The number of rotatable bonds is 3. The zero-order chi connectivity index (χ0) is 14.9. The van der Waals surface area contributed by atoms with Gasteiger partial charge in [-0.2, -0.15) is 0 Å². The van der Waals surface area contributed by atoms with Crippen LogP contribution in [0.2, 0.25) is 0 Å². The predicted octanol–water partition coefficient (Wildman–Crippen LogP) is -0.232. The van der Waals surface area contributed by atoms with Gasteiger partial charge in [-0.3, -0.25) is 9.59 Å². The third-order valence-electron chi connectivity index (χ3n) is 3.24. The lowest BCUT2D eigenvalue weighted by Crippen LogP contribution is -2.51. The van der Waals surface area contributed by atoms with Gasteiger partial charge in [-0.15, -0.1) is 0 Å². The topological polar surface area (TPSA) is 104 Å². The number of carbonyl (C=O) groups is 3. The molecular formula is C13H15N3O4. The lowest BCUT2D eigenvalue weighted by molar-refractivity contribution is -0.149. The van der Waals surface area contributed by atoms with Crippen molar-refractivity contribution in [1.29, 1.82) is 0 Å². The van der Waals surface area contributed by atoms with Crippen LogP contribution in [0.15, 0.2) is 18.2 Å². The summed E-state index contributed by atoms with van der Waals surface area (Å²) >= 11 is 0. The third-order valence-corrected chi connectivity index (χ3v) is 3.24. The fraction of sp³-hybridized carbons (Fsp3) is 0.308. The standard InChI is InChI=1S/C13H15N3O4/c1-15-6-11(18)16(7-10(15)17)5-8-3-2-4-9(14)12(8)13(19)20/h2-4H,5-7,14H2,1H3,(H,19,20). The molecule has 1 saturated heterocycles. The first-order valence-electron chi connectivity index (χ1n) is 6.02. The molecule has 0 aromatic heterocycles. The highest BCUT2D eigenvalue weighted by atomic mass is 16.4. The molecular weight excluding hydrogens is 262 g/mol. The van der Waals surface area contributed by atoms with E-state index in [4.69, 9.17) is 5.73 Å². The van der Waals surface area contributed by atoms with Crippen molar-refractivity contribution in [2.45, 2.75) is 6.54 Å². The maximum atomic E-state index is 11.9. The van der Waals surface area contributed by atoms with Gasteiger partial charge in [-0.25, -0.2) is 4.79 Å². The number of benzene rings is 1. The molecule has 7 heteroatoms. The molecule has 0 saturated carbocycles. The number of anilines is 1. The summed E-state index contributed by atoms with van der Waals surface area (Å²) in [7, 11) is 1.56. The molecule has 2 rings (SSSR count). The number of nitrogens with two attached hydrogens (primary N) is 1. The van der Waals surface area contributed by atoms with Gasteiger partial charge < -0.3 is 20.6 Å². The zero-order valence-corrected chi connectivity index (χ0v) is 11.0. The van der Waals surface area contributed by atoms with Crippen molar-refractivity contribution in [3.63, 3.8) is 0 Å². The van der Waals surface area contributed by atoms with Crippen LogP contribution >= 0.6 is 0 Å². The summed E-state index contributed by atoms with van der Waals surface area (Å²) in [6.07, 6.45) is 0. The average Bonchev–Trinajstić information content (AvgIpc) is 2.35. The average molecular weight is 277 g/mol. The molecule has 1 heterocycles. The molecule has 1 aliphatic heterocycles. The molecule has 0 radical (unpaired) electrons. The lowest BCUT2D eigenvalue weighted by Gasteiger charge is -2.32. The molecule has 7 nitrogen and oxygen atoms in total. The quantitative estimate of drug-likeness (QED) is 0.742. The fourth-order valence-corrected chi connectivity index (χ4v) is 2.13. The summed E-state index contributed by atoms with van der Waals surface area (Å²) in [4.78, 5) is 37.4. The molecule has 0 bridgehead atoms. The summed E-state index contributed by atoms with van der Waals surface area (Å²) in [6.45, 7) is 0.0117. The number of nitrogens with zero attached hydrogens (tertiary/aromatic N) is 2. The van der Waals surface area contributed by atoms with Crippen molar-refractivity contribution in [3.8, 4) is 0 Å². The number of nitrogen functional groups attached to an aromatic ring is 1. The normalized spacial score (nSPS) is 15.7. The van der Waals surface area contributed by atoms with Gasteiger partial charge in [0.2, 0.25) is 11.8 Å². The van der Waals surface area contributed by atoms with E-state index in [-0.39, 0.29) is 42.7 Å². The van der Waals surface area contributed by atoms with Gasteiger partial charge in [0.05, 0.1) is 12.1 Å². The third kappa shape index (κ3) is 2.56. The first kappa shape index (κ1) is 13.9. The van der Waals surface area contributed by atoms with E-state index in [0.29, 0.717) is 5.56 Å². The second-order valence-electron chi connectivity index (χ2n) is 4.69. The monoisotopic (exact) mass is 277 g/mol. The molecule has 1 aromatic rings. The molecule has 3 N–H and O–H groups in total. The molecule has 0 aliphatic carbocycles. The zero-order valence-electron chi connectivity index (χ0n) is 11.0. The van der Waals surface area contributed by atoms with Gasteiger partial charge in [0.25, 0.3) is 0 Å². The van der Waals surface area contributed by atoms with Crippen molar-refractivity contribution in [2.24, 2.45) is 0 Å².